The van der Waals surface area contributed by atoms with E-state index in [1.54, 1.807) is 0 Å². The van der Waals surface area contributed by atoms with Gasteiger partial charge in [0.1, 0.15) is 0 Å². The molecule has 2 N–H and O–H groups in total. The molecule has 6 nitrogen and oxygen atoms in total. The van der Waals surface area contributed by atoms with Crippen molar-refractivity contribution in [2.45, 2.75) is 56.4 Å². The van der Waals surface area contributed by atoms with E-state index in [2.05, 4.69) is 0 Å². The molecule has 0 aromatic heterocycles. The van der Waals surface area contributed by atoms with Crippen LogP contribution in [0.2, 0.25) is 0 Å². The Balaban J connectivity index is 1.77. The predicted octanol–water partition coefficient (Wildman–Crippen LogP) is 0.224. The highest BCUT2D eigenvalue weighted by molar-refractivity contribution is 7.94. The average Bonchev–Trinajstić information content (AvgIpc) is 2.35. The fourth-order valence-corrected chi connectivity index (χ4v) is 4.05. The van der Waals surface area contributed by atoms with Crippen LogP contribution in [0.15, 0.2) is 0 Å². The molecule has 1 saturated heterocycles. The third-order valence-electron chi connectivity index (χ3n) is 4.04. The number of carbonyl (C=O) groups excluding carboxylic acids is 1. The zero-order chi connectivity index (χ0) is 14.3. The van der Waals surface area contributed by atoms with E-state index >= 15 is 0 Å². The Morgan fingerprint density at radius 1 is 1.32 bits per heavy atom. The van der Waals surface area contributed by atoms with Gasteiger partial charge in [0.2, 0.25) is 0 Å². The Morgan fingerprint density at radius 3 is 2.42 bits per heavy atom. The van der Waals surface area contributed by atoms with Crippen molar-refractivity contribution in [2.24, 2.45) is 5.73 Å². The van der Waals surface area contributed by atoms with E-state index in [1.165, 1.54) is 13.8 Å². The normalized spacial score (nSPS) is 33.0. The summed E-state index contributed by atoms with van der Waals surface area (Å²) in [5.74, 6) is -0.346. The zero-order valence-corrected chi connectivity index (χ0v) is 12.3. The molecule has 19 heavy (non-hydrogen) atoms. The van der Waals surface area contributed by atoms with Crippen LogP contribution in [-0.4, -0.2) is 48.7 Å². The highest BCUT2D eigenvalue weighted by Gasteiger charge is 2.59. The van der Waals surface area contributed by atoms with Crippen LogP contribution in [0.25, 0.3) is 0 Å². The average molecular weight is 290 g/mol. The standard InChI is InChI=1S/C12H22N2O4S/c1-12(2)11(15)14(19(12,16)17)7-8-18-10-5-3-9(13)4-6-10/h9-10H,3-8,13H2,1-2H3. The quantitative estimate of drug-likeness (QED) is 0.800. The minimum Gasteiger partial charge on any atom is -0.376 e. The van der Waals surface area contributed by atoms with Crippen molar-refractivity contribution in [3.05, 3.63) is 0 Å². The lowest BCUT2D eigenvalue weighted by molar-refractivity contribution is -0.133. The lowest BCUT2D eigenvalue weighted by Crippen LogP contribution is -2.67. The van der Waals surface area contributed by atoms with Gasteiger partial charge in [-0.1, -0.05) is 0 Å². The molecule has 110 valence electrons. The van der Waals surface area contributed by atoms with E-state index in [1.807, 2.05) is 0 Å². The van der Waals surface area contributed by atoms with Gasteiger partial charge in [-0.3, -0.25) is 4.79 Å². The minimum atomic E-state index is -3.48. The molecule has 2 aliphatic rings. The topological polar surface area (TPSA) is 89.7 Å². The number of nitrogens with two attached hydrogens (primary N) is 1. The van der Waals surface area contributed by atoms with Gasteiger partial charge >= 0.3 is 0 Å². The summed E-state index contributed by atoms with van der Waals surface area (Å²) in [4.78, 5) is 11.7. The summed E-state index contributed by atoms with van der Waals surface area (Å²) < 4.78 is 29.0. The maximum absolute atomic E-state index is 11.8. The first-order valence-electron chi connectivity index (χ1n) is 6.70. The summed E-state index contributed by atoms with van der Waals surface area (Å²) >= 11 is 0. The smallest absolute Gasteiger partial charge is 0.258 e. The largest absolute Gasteiger partial charge is 0.376 e. The molecular weight excluding hydrogens is 268 g/mol. The molecule has 0 bridgehead atoms. The molecule has 7 heteroatoms. The summed E-state index contributed by atoms with van der Waals surface area (Å²) in [7, 11) is -3.48. The van der Waals surface area contributed by atoms with Gasteiger partial charge in [0.05, 0.1) is 19.3 Å². The van der Waals surface area contributed by atoms with Crippen LogP contribution in [0.4, 0.5) is 0 Å². The maximum Gasteiger partial charge on any atom is 0.258 e. The van der Waals surface area contributed by atoms with Gasteiger partial charge in [0.25, 0.3) is 15.9 Å². The van der Waals surface area contributed by atoms with E-state index in [9.17, 15) is 13.2 Å². The molecule has 0 aromatic carbocycles. The minimum absolute atomic E-state index is 0.118. The van der Waals surface area contributed by atoms with Crippen LogP contribution >= 0.6 is 0 Å². The molecule has 1 saturated carbocycles. The Morgan fingerprint density at radius 2 is 1.89 bits per heavy atom. The predicted molar refractivity (Wildman–Crippen MR) is 70.9 cm³/mol. The van der Waals surface area contributed by atoms with Gasteiger partial charge in [0, 0.05) is 6.04 Å². The van der Waals surface area contributed by atoms with E-state index in [-0.39, 0.29) is 31.2 Å². The Kier molecular flexibility index (Phi) is 3.90. The first-order valence-corrected chi connectivity index (χ1v) is 8.14. The van der Waals surface area contributed by atoms with E-state index in [0.29, 0.717) is 0 Å². The lowest BCUT2D eigenvalue weighted by atomic mass is 9.94. The van der Waals surface area contributed by atoms with Crippen molar-refractivity contribution < 1.29 is 17.9 Å². The Hall–Kier alpha value is -0.660. The zero-order valence-electron chi connectivity index (χ0n) is 11.5. The molecule has 2 fully saturated rings. The molecule has 1 aliphatic carbocycles. The number of nitrogens with zero attached hydrogens (tertiary/aromatic N) is 1. The van der Waals surface area contributed by atoms with Gasteiger partial charge in [-0.15, -0.1) is 0 Å². The summed E-state index contributed by atoms with van der Waals surface area (Å²) in [6.07, 6.45) is 3.85. The van der Waals surface area contributed by atoms with Crippen LogP contribution < -0.4 is 5.73 Å². The molecule has 0 aromatic rings. The van der Waals surface area contributed by atoms with Crippen LogP contribution in [0.1, 0.15) is 39.5 Å². The molecule has 1 aliphatic heterocycles. The number of hydrogen-bond donors (Lipinski definition) is 1. The molecular formula is C12H22N2O4S. The second-order valence-electron chi connectivity index (χ2n) is 5.80. The molecule has 0 atom stereocenters. The second-order valence-corrected chi connectivity index (χ2v) is 8.21. The number of carbonyl (C=O) groups is 1. The Labute approximate surface area is 114 Å². The van der Waals surface area contributed by atoms with Crippen molar-refractivity contribution in [1.82, 2.24) is 4.31 Å². The van der Waals surface area contributed by atoms with Gasteiger partial charge in [-0.2, -0.15) is 0 Å². The highest BCUT2D eigenvalue weighted by Crippen LogP contribution is 2.34. The van der Waals surface area contributed by atoms with Crippen molar-refractivity contribution in [3.8, 4) is 0 Å². The van der Waals surface area contributed by atoms with E-state index in [4.69, 9.17) is 10.5 Å². The van der Waals surface area contributed by atoms with Gasteiger partial charge in [-0.25, -0.2) is 12.7 Å². The first kappa shape index (κ1) is 14.7. The second kappa shape index (κ2) is 5.03. The summed E-state index contributed by atoms with van der Waals surface area (Å²) in [5, 5.41) is 0. The summed E-state index contributed by atoms with van der Waals surface area (Å²) in [6, 6.07) is 0.262. The van der Waals surface area contributed by atoms with Crippen LogP contribution in [0, 0.1) is 0 Å². The number of sulfonamides is 1. The molecule has 2 rings (SSSR count). The molecule has 0 radical (unpaired) electrons. The van der Waals surface area contributed by atoms with Gasteiger partial charge in [-0.05, 0) is 39.5 Å². The third kappa shape index (κ3) is 2.51. The third-order valence-corrected chi connectivity index (χ3v) is 6.44. The number of rotatable bonds is 4. The first-order chi connectivity index (χ1) is 8.76. The maximum atomic E-state index is 11.8. The molecule has 0 spiro atoms. The van der Waals surface area contributed by atoms with Crippen molar-refractivity contribution in [3.63, 3.8) is 0 Å². The van der Waals surface area contributed by atoms with Crippen molar-refractivity contribution in [1.29, 1.82) is 0 Å². The lowest BCUT2D eigenvalue weighted by Gasteiger charge is -2.43. The van der Waals surface area contributed by atoms with Gasteiger partial charge in [0.15, 0.2) is 4.75 Å². The van der Waals surface area contributed by atoms with Gasteiger partial charge < -0.3 is 10.5 Å². The fourth-order valence-electron chi connectivity index (χ4n) is 2.54. The molecule has 1 amide bonds. The number of amides is 1. The van der Waals surface area contributed by atoms with E-state index < -0.39 is 14.8 Å². The van der Waals surface area contributed by atoms with E-state index in [0.717, 1.165) is 30.0 Å². The molecule has 1 heterocycles. The number of ether oxygens (including phenoxy) is 1. The fraction of sp³-hybridized carbons (Fsp3) is 0.917. The van der Waals surface area contributed by atoms with Crippen molar-refractivity contribution in [2.75, 3.05) is 13.2 Å². The van der Waals surface area contributed by atoms with Crippen LogP contribution in [0.3, 0.4) is 0 Å². The monoisotopic (exact) mass is 290 g/mol. The molecule has 0 unspecified atom stereocenters. The highest BCUT2D eigenvalue weighted by atomic mass is 32.2. The number of hydrogen-bond acceptors (Lipinski definition) is 5. The van der Waals surface area contributed by atoms with Crippen LogP contribution in [-0.2, 0) is 19.6 Å². The van der Waals surface area contributed by atoms with Crippen LogP contribution in [0.5, 0.6) is 0 Å². The summed E-state index contributed by atoms with van der Waals surface area (Å²) in [6.45, 7) is 3.25. The Bertz CT molecular complexity index is 452. The van der Waals surface area contributed by atoms with Crippen molar-refractivity contribution >= 4 is 15.9 Å². The summed E-state index contributed by atoms with van der Waals surface area (Å²) in [5.41, 5.74) is 5.80. The SMILES string of the molecule is CC1(C)C(=O)N(CCOC2CCC(N)CC2)S1(=O)=O.